The Morgan fingerprint density at radius 1 is 1.10 bits per heavy atom. The minimum absolute atomic E-state index is 0.241. The lowest BCUT2D eigenvalue weighted by Gasteiger charge is -2.14. The molecule has 9 heteroatoms. The number of carbonyl (C=O) groups excluding carboxylic acids is 1. The number of fused-ring (bicyclic) bond motifs is 1. The molecule has 9 nitrogen and oxygen atoms in total. The average Bonchev–Trinajstić information content (AvgIpc) is 3.20. The molecule has 0 bridgehead atoms. The van der Waals surface area contributed by atoms with E-state index in [-0.39, 0.29) is 11.9 Å². The first-order valence-electron chi connectivity index (χ1n) is 9.90. The third kappa shape index (κ3) is 4.84. The topological polar surface area (TPSA) is 101 Å². The molecule has 3 aromatic heterocycles. The number of anilines is 2. The Morgan fingerprint density at radius 3 is 2.61 bits per heavy atom. The molecule has 0 atom stereocenters. The maximum absolute atomic E-state index is 12.6. The molecule has 158 valence electrons. The van der Waals surface area contributed by atoms with Crippen LogP contribution in [0.3, 0.4) is 0 Å². The highest BCUT2D eigenvalue weighted by atomic mass is 16.1. The molecular weight excluding hydrogens is 392 g/mol. The van der Waals surface area contributed by atoms with Gasteiger partial charge in [-0.1, -0.05) is 6.07 Å². The first-order valence-corrected chi connectivity index (χ1v) is 9.90. The SMILES string of the molecule is CN(C)CCNc1nc(NC(=O)c2ccncc2)nc2cc(-c3cnn(C)c3)ccc12. The molecule has 4 aromatic rings. The molecule has 0 aliphatic carbocycles. The van der Waals surface area contributed by atoms with Crippen LogP contribution in [0.5, 0.6) is 0 Å². The largest absolute Gasteiger partial charge is 0.368 e. The molecule has 3 heterocycles. The van der Waals surface area contributed by atoms with E-state index in [4.69, 9.17) is 0 Å². The monoisotopic (exact) mass is 416 g/mol. The van der Waals surface area contributed by atoms with Crippen molar-refractivity contribution in [3.8, 4) is 11.1 Å². The van der Waals surface area contributed by atoms with E-state index in [2.05, 4.69) is 35.6 Å². The number of pyridine rings is 1. The summed E-state index contributed by atoms with van der Waals surface area (Å²) in [5.74, 6) is 0.629. The molecule has 0 aliphatic rings. The molecule has 0 saturated carbocycles. The number of amides is 1. The summed E-state index contributed by atoms with van der Waals surface area (Å²) in [6, 6.07) is 9.28. The molecular formula is C22H24N8O. The number of nitrogens with zero attached hydrogens (tertiary/aromatic N) is 6. The van der Waals surface area contributed by atoms with Crippen molar-refractivity contribution in [3.63, 3.8) is 0 Å². The number of rotatable bonds is 7. The Bertz CT molecular complexity index is 1200. The summed E-state index contributed by atoms with van der Waals surface area (Å²) in [4.78, 5) is 27.8. The molecule has 0 radical (unpaired) electrons. The van der Waals surface area contributed by atoms with Gasteiger partial charge >= 0.3 is 0 Å². The Balaban J connectivity index is 1.71. The molecule has 0 fully saturated rings. The minimum atomic E-state index is -0.288. The van der Waals surface area contributed by atoms with Gasteiger partial charge in [0.1, 0.15) is 5.82 Å². The molecule has 0 saturated heterocycles. The predicted molar refractivity (Wildman–Crippen MR) is 121 cm³/mol. The van der Waals surface area contributed by atoms with Crippen molar-refractivity contribution in [1.29, 1.82) is 0 Å². The second-order valence-corrected chi connectivity index (χ2v) is 7.45. The summed E-state index contributed by atoms with van der Waals surface area (Å²) >= 11 is 0. The number of carbonyl (C=O) groups is 1. The Morgan fingerprint density at radius 2 is 1.90 bits per heavy atom. The highest BCUT2D eigenvalue weighted by molar-refractivity contribution is 6.04. The summed E-state index contributed by atoms with van der Waals surface area (Å²) in [5.41, 5.74) is 3.20. The zero-order chi connectivity index (χ0) is 21.8. The maximum atomic E-state index is 12.6. The quantitative estimate of drug-likeness (QED) is 0.478. The van der Waals surface area contributed by atoms with E-state index in [0.29, 0.717) is 17.9 Å². The van der Waals surface area contributed by atoms with Gasteiger partial charge in [-0.25, -0.2) is 4.98 Å². The van der Waals surface area contributed by atoms with Gasteiger partial charge in [0.25, 0.3) is 5.91 Å². The van der Waals surface area contributed by atoms with Gasteiger partial charge in [-0.15, -0.1) is 0 Å². The number of hydrogen-bond acceptors (Lipinski definition) is 7. The van der Waals surface area contributed by atoms with Crippen molar-refractivity contribution < 1.29 is 4.79 Å². The van der Waals surface area contributed by atoms with Gasteiger partial charge in [0.15, 0.2) is 0 Å². The maximum Gasteiger partial charge on any atom is 0.258 e. The van der Waals surface area contributed by atoms with Gasteiger partial charge in [-0.05, 0) is 43.9 Å². The molecule has 31 heavy (non-hydrogen) atoms. The fourth-order valence-electron chi connectivity index (χ4n) is 3.15. The smallest absolute Gasteiger partial charge is 0.258 e. The number of nitrogens with one attached hydrogen (secondary N) is 2. The van der Waals surface area contributed by atoms with Gasteiger partial charge < -0.3 is 10.2 Å². The van der Waals surface area contributed by atoms with Crippen molar-refractivity contribution in [2.45, 2.75) is 0 Å². The van der Waals surface area contributed by atoms with Crippen LogP contribution in [0.1, 0.15) is 10.4 Å². The van der Waals surface area contributed by atoms with E-state index in [1.165, 1.54) is 0 Å². The zero-order valence-electron chi connectivity index (χ0n) is 17.7. The van der Waals surface area contributed by atoms with E-state index in [9.17, 15) is 4.79 Å². The first kappa shape index (κ1) is 20.4. The van der Waals surface area contributed by atoms with Crippen LogP contribution in [-0.2, 0) is 7.05 Å². The normalized spacial score (nSPS) is 11.1. The molecule has 1 aromatic carbocycles. The van der Waals surface area contributed by atoms with Gasteiger partial charge in [0.05, 0.1) is 11.7 Å². The predicted octanol–water partition coefficient (Wildman–Crippen LogP) is 2.65. The minimum Gasteiger partial charge on any atom is -0.368 e. The van der Waals surface area contributed by atoms with Crippen LogP contribution in [0.4, 0.5) is 11.8 Å². The lowest BCUT2D eigenvalue weighted by molar-refractivity contribution is 0.102. The van der Waals surface area contributed by atoms with E-state index in [0.717, 1.165) is 28.6 Å². The first-order chi connectivity index (χ1) is 15.0. The van der Waals surface area contributed by atoms with Crippen molar-refractivity contribution in [2.24, 2.45) is 7.05 Å². The Hall–Kier alpha value is -3.85. The summed E-state index contributed by atoms with van der Waals surface area (Å²) in [6.07, 6.45) is 6.91. The third-order valence-corrected chi connectivity index (χ3v) is 4.75. The van der Waals surface area contributed by atoms with Crippen LogP contribution < -0.4 is 10.6 Å². The van der Waals surface area contributed by atoms with Crippen LogP contribution in [0.25, 0.3) is 22.0 Å². The third-order valence-electron chi connectivity index (χ3n) is 4.75. The van der Waals surface area contributed by atoms with E-state index in [1.807, 2.05) is 51.7 Å². The van der Waals surface area contributed by atoms with Crippen LogP contribution in [0, 0.1) is 0 Å². The fourth-order valence-corrected chi connectivity index (χ4v) is 3.15. The van der Waals surface area contributed by atoms with E-state index >= 15 is 0 Å². The molecule has 1 amide bonds. The Labute approximate surface area is 180 Å². The van der Waals surface area contributed by atoms with Crippen molar-refractivity contribution in [1.82, 2.24) is 29.6 Å². The lowest BCUT2D eigenvalue weighted by Crippen LogP contribution is -2.21. The second-order valence-electron chi connectivity index (χ2n) is 7.45. The van der Waals surface area contributed by atoms with Crippen LogP contribution in [0.2, 0.25) is 0 Å². The number of aromatic nitrogens is 5. The molecule has 0 aliphatic heterocycles. The molecule has 2 N–H and O–H groups in total. The number of aryl methyl sites for hydroxylation is 1. The second kappa shape index (κ2) is 8.88. The van der Waals surface area contributed by atoms with Gasteiger partial charge in [0.2, 0.25) is 5.95 Å². The van der Waals surface area contributed by atoms with Crippen LogP contribution >= 0.6 is 0 Å². The van der Waals surface area contributed by atoms with E-state index < -0.39 is 0 Å². The van der Waals surface area contributed by atoms with Gasteiger partial charge in [0, 0.05) is 55.2 Å². The van der Waals surface area contributed by atoms with Crippen LogP contribution in [-0.4, -0.2) is 62.7 Å². The summed E-state index contributed by atoms with van der Waals surface area (Å²) in [7, 11) is 5.91. The van der Waals surface area contributed by atoms with Crippen molar-refractivity contribution >= 4 is 28.6 Å². The van der Waals surface area contributed by atoms with Crippen molar-refractivity contribution in [2.75, 3.05) is 37.8 Å². The average molecular weight is 416 g/mol. The number of hydrogen-bond donors (Lipinski definition) is 2. The van der Waals surface area contributed by atoms with Crippen LogP contribution in [0.15, 0.2) is 55.1 Å². The zero-order valence-corrected chi connectivity index (χ0v) is 17.7. The lowest BCUT2D eigenvalue weighted by atomic mass is 10.1. The Kier molecular flexibility index (Phi) is 5.85. The van der Waals surface area contributed by atoms with E-state index in [1.54, 1.807) is 29.2 Å². The molecule has 0 spiro atoms. The highest BCUT2D eigenvalue weighted by Gasteiger charge is 2.13. The van der Waals surface area contributed by atoms with Gasteiger partial charge in [-0.2, -0.15) is 10.1 Å². The highest BCUT2D eigenvalue weighted by Crippen LogP contribution is 2.27. The summed E-state index contributed by atoms with van der Waals surface area (Å²) in [5, 5.41) is 11.3. The number of likely N-dealkylation sites (N-methyl/N-ethyl adjacent to an activating group) is 1. The van der Waals surface area contributed by atoms with Gasteiger partial charge in [-0.3, -0.25) is 19.8 Å². The summed E-state index contributed by atoms with van der Waals surface area (Å²) in [6.45, 7) is 1.55. The van der Waals surface area contributed by atoms with Crippen molar-refractivity contribution in [3.05, 3.63) is 60.7 Å². The molecule has 4 rings (SSSR count). The fraction of sp³-hybridized carbons (Fsp3) is 0.227. The molecule has 0 unspecified atom stereocenters. The summed E-state index contributed by atoms with van der Waals surface area (Å²) < 4.78 is 1.76. The number of benzene rings is 1. The standard InChI is InChI=1S/C22H24N8O/c1-29(2)11-10-24-20-18-5-4-16(17-13-25-30(3)14-17)12-19(18)26-22(27-20)28-21(31)15-6-8-23-9-7-15/h4-9,12-14H,10-11H2,1-3H3,(H2,24,26,27,28,31).